The van der Waals surface area contributed by atoms with Gasteiger partial charge in [-0.2, -0.15) is 0 Å². The minimum absolute atomic E-state index is 0.131. The number of nitrogens with zero attached hydrogens (tertiary/aromatic N) is 4. The lowest BCUT2D eigenvalue weighted by molar-refractivity contribution is 0.102. The Labute approximate surface area is 168 Å². The van der Waals surface area contributed by atoms with Crippen molar-refractivity contribution in [2.75, 3.05) is 12.9 Å². The van der Waals surface area contributed by atoms with E-state index in [1.165, 1.54) is 30.3 Å². The SMILES string of the molecule is COc1ccccc1-c1nnc(SCC(=O)c2cc(C)n(C3CC3)c2C)n1C. The van der Waals surface area contributed by atoms with E-state index in [0.29, 0.717) is 17.0 Å². The predicted molar refractivity (Wildman–Crippen MR) is 110 cm³/mol. The molecule has 2 aromatic heterocycles. The zero-order chi connectivity index (χ0) is 19.8. The van der Waals surface area contributed by atoms with Gasteiger partial charge in [-0.05, 0) is 44.9 Å². The van der Waals surface area contributed by atoms with Crippen molar-refractivity contribution < 1.29 is 9.53 Å². The molecule has 7 heteroatoms. The van der Waals surface area contributed by atoms with Crippen molar-refractivity contribution in [1.82, 2.24) is 19.3 Å². The van der Waals surface area contributed by atoms with E-state index in [-0.39, 0.29) is 5.78 Å². The van der Waals surface area contributed by atoms with Crippen LogP contribution in [-0.2, 0) is 7.05 Å². The first-order valence-electron chi connectivity index (χ1n) is 9.38. The molecule has 0 N–H and O–H groups in total. The highest BCUT2D eigenvalue weighted by Crippen LogP contribution is 2.38. The van der Waals surface area contributed by atoms with Gasteiger partial charge in [0.25, 0.3) is 0 Å². The summed E-state index contributed by atoms with van der Waals surface area (Å²) in [7, 11) is 3.55. The molecular weight excluding hydrogens is 372 g/mol. The Morgan fingerprint density at radius 1 is 1.25 bits per heavy atom. The molecule has 146 valence electrons. The predicted octanol–water partition coefficient (Wildman–Crippen LogP) is 4.22. The van der Waals surface area contributed by atoms with Crippen LogP contribution in [0.5, 0.6) is 5.75 Å². The lowest BCUT2D eigenvalue weighted by Gasteiger charge is -2.08. The van der Waals surface area contributed by atoms with Gasteiger partial charge in [-0.15, -0.1) is 10.2 Å². The number of Topliss-reactive ketones (excluding diaryl/α,β-unsaturated/α-hetero) is 1. The van der Waals surface area contributed by atoms with Crippen molar-refractivity contribution >= 4 is 17.5 Å². The number of hydrogen-bond acceptors (Lipinski definition) is 5. The summed E-state index contributed by atoms with van der Waals surface area (Å²) in [6.45, 7) is 4.13. The van der Waals surface area contributed by atoms with Gasteiger partial charge >= 0.3 is 0 Å². The number of para-hydroxylation sites is 1. The second-order valence-electron chi connectivity index (χ2n) is 7.16. The summed E-state index contributed by atoms with van der Waals surface area (Å²) in [5, 5.41) is 9.30. The molecule has 0 amide bonds. The summed E-state index contributed by atoms with van der Waals surface area (Å²) < 4.78 is 9.64. The van der Waals surface area contributed by atoms with E-state index in [9.17, 15) is 4.79 Å². The number of hydrogen-bond donors (Lipinski definition) is 0. The maximum atomic E-state index is 12.8. The van der Waals surface area contributed by atoms with Crippen molar-refractivity contribution in [3.05, 3.63) is 47.3 Å². The van der Waals surface area contributed by atoms with Gasteiger partial charge in [0, 0.05) is 30.0 Å². The van der Waals surface area contributed by atoms with Crippen LogP contribution in [0.4, 0.5) is 0 Å². The quantitative estimate of drug-likeness (QED) is 0.442. The molecular formula is C21H24N4O2S. The third kappa shape index (κ3) is 3.35. The zero-order valence-corrected chi connectivity index (χ0v) is 17.4. The normalized spacial score (nSPS) is 13.7. The molecule has 1 saturated carbocycles. The highest BCUT2D eigenvalue weighted by atomic mass is 32.2. The molecule has 4 rings (SSSR count). The average Bonchev–Trinajstić information content (AvgIpc) is 3.39. The first-order chi connectivity index (χ1) is 13.5. The summed E-state index contributed by atoms with van der Waals surface area (Å²) >= 11 is 1.42. The summed E-state index contributed by atoms with van der Waals surface area (Å²) in [5.41, 5.74) is 3.96. The minimum atomic E-state index is 0.131. The van der Waals surface area contributed by atoms with E-state index in [2.05, 4.69) is 21.7 Å². The third-order valence-electron chi connectivity index (χ3n) is 5.21. The van der Waals surface area contributed by atoms with Crippen molar-refractivity contribution in [1.29, 1.82) is 0 Å². The van der Waals surface area contributed by atoms with Gasteiger partial charge in [-0.25, -0.2) is 0 Å². The number of aromatic nitrogens is 4. The second kappa shape index (κ2) is 7.47. The van der Waals surface area contributed by atoms with E-state index in [0.717, 1.165) is 28.4 Å². The molecule has 1 aliphatic rings. The second-order valence-corrected chi connectivity index (χ2v) is 8.11. The monoisotopic (exact) mass is 396 g/mol. The van der Waals surface area contributed by atoms with Crippen LogP contribution >= 0.6 is 11.8 Å². The van der Waals surface area contributed by atoms with Crippen LogP contribution in [0.3, 0.4) is 0 Å². The molecule has 1 aliphatic carbocycles. The molecule has 0 atom stereocenters. The number of thioether (sulfide) groups is 1. The molecule has 3 aromatic rings. The number of carbonyl (C=O) groups excluding carboxylic acids is 1. The van der Waals surface area contributed by atoms with Gasteiger partial charge < -0.3 is 13.9 Å². The van der Waals surface area contributed by atoms with Crippen LogP contribution < -0.4 is 4.74 Å². The Hall–Kier alpha value is -2.54. The largest absolute Gasteiger partial charge is 0.496 e. The maximum Gasteiger partial charge on any atom is 0.191 e. The Morgan fingerprint density at radius 3 is 2.71 bits per heavy atom. The smallest absolute Gasteiger partial charge is 0.191 e. The topological polar surface area (TPSA) is 61.9 Å². The summed E-state index contributed by atoms with van der Waals surface area (Å²) in [5.74, 6) is 1.94. The van der Waals surface area contributed by atoms with E-state index in [4.69, 9.17) is 4.74 Å². The van der Waals surface area contributed by atoms with Gasteiger partial charge in [-0.1, -0.05) is 23.9 Å². The van der Waals surface area contributed by atoms with Gasteiger partial charge in [0.15, 0.2) is 16.8 Å². The molecule has 6 nitrogen and oxygen atoms in total. The number of carbonyl (C=O) groups is 1. The van der Waals surface area contributed by atoms with Gasteiger partial charge in [0.2, 0.25) is 0 Å². The molecule has 1 aromatic carbocycles. The highest BCUT2D eigenvalue weighted by molar-refractivity contribution is 7.99. The molecule has 2 heterocycles. The number of rotatable bonds is 7. The van der Waals surface area contributed by atoms with E-state index >= 15 is 0 Å². The van der Waals surface area contributed by atoms with Crippen molar-refractivity contribution in [2.24, 2.45) is 7.05 Å². The van der Waals surface area contributed by atoms with Crippen LogP contribution in [0.1, 0.15) is 40.6 Å². The van der Waals surface area contributed by atoms with Gasteiger partial charge in [-0.3, -0.25) is 4.79 Å². The lowest BCUT2D eigenvalue weighted by Crippen LogP contribution is -2.06. The summed E-state index contributed by atoms with van der Waals surface area (Å²) in [4.78, 5) is 12.8. The molecule has 1 fully saturated rings. The first-order valence-corrected chi connectivity index (χ1v) is 10.4. The number of methoxy groups -OCH3 is 1. The van der Waals surface area contributed by atoms with Crippen LogP contribution in [0.15, 0.2) is 35.5 Å². The fraction of sp³-hybridized carbons (Fsp3) is 0.381. The van der Waals surface area contributed by atoms with Crippen molar-refractivity contribution in [2.45, 2.75) is 37.9 Å². The molecule has 0 saturated heterocycles. The Kier molecular flexibility index (Phi) is 5.02. The van der Waals surface area contributed by atoms with E-state index in [1.807, 2.05) is 48.9 Å². The van der Waals surface area contributed by atoms with Crippen molar-refractivity contribution in [3.8, 4) is 17.1 Å². The average molecular weight is 397 g/mol. The number of benzene rings is 1. The summed E-state index contributed by atoms with van der Waals surface area (Å²) in [6, 6.07) is 10.3. The molecule has 0 bridgehead atoms. The lowest BCUT2D eigenvalue weighted by atomic mass is 10.2. The van der Waals surface area contributed by atoms with Crippen molar-refractivity contribution in [3.63, 3.8) is 0 Å². The maximum absolute atomic E-state index is 12.8. The molecule has 0 radical (unpaired) electrons. The number of ether oxygens (including phenoxy) is 1. The zero-order valence-electron chi connectivity index (χ0n) is 16.6. The summed E-state index contributed by atoms with van der Waals surface area (Å²) in [6.07, 6.45) is 2.42. The van der Waals surface area contributed by atoms with Crippen LogP contribution in [-0.4, -0.2) is 38.0 Å². The minimum Gasteiger partial charge on any atom is -0.496 e. The van der Waals surface area contributed by atoms with Gasteiger partial charge in [0.05, 0.1) is 18.4 Å². The molecule has 0 unspecified atom stereocenters. The molecule has 0 spiro atoms. The fourth-order valence-electron chi connectivity index (χ4n) is 3.67. The number of ketones is 1. The highest BCUT2D eigenvalue weighted by Gasteiger charge is 2.28. The third-order valence-corrected chi connectivity index (χ3v) is 6.23. The fourth-order valence-corrected chi connectivity index (χ4v) is 4.46. The molecule has 28 heavy (non-hydrogen) atoms. The van der Waals surface area contributed by atoms with Crippen LogP contribution in [0.25, 0.3) is 11.4 Å². The van der Waals surface area contributed by atoms with E-state index in [1.54, 1.807) is 7.11 Å². The van der Waals surface area contributed by atoms with E-state index < -0.39 is 0 Å². The Morgan fingerprint density at radius 2 is 2.00 bits per heavy atom. The Balaban J connectivity index is 1.51. The standard InChI is InChI=1S/C21H24N4O2S/c1-13-11-17(14(2)25(13)15-9-10-15)18(26)12-28-21-23-22-20(24(21)3)16-7-5-6-8-19(16)27-4/h5-8,11,15H,9-10,12H2,1-4H3. The van der Waals surface area contributed by atoms with Gasteiger partial charge in [0.1, 0.15) is 5.75 Å². The van der Waals surface area contributed by atoms with Crippen LogP contribution in [0, 0.1) is 13.8 Å². The Bertz CT molecular complexity index is 1030. The number of aryl methyl sites for hydroxylation is 1. The first kappa shape index (κ1) is 18.8. The van der Waals surface area contributed by atoms with Crippen LogP contribution in [0.2, 0.25) is 0 Å². The molecule has 0 aliphatic heterocycles.